The van der Waals surface area contributed by atoms with Gasteiger partial charge in [0.05, 0.1) is 5.60 Å². The van der Waals surface area contributed by atoms with Crippen molar-refractivity contribution in [1.82, 2.24) is 0 Å². The lowest BCUT2D eigenvalue weighted by atomic mass is 9.97. The predicted molar refractivity (Wildman–Crippen MR) is 69.0 cm³/mol. The Morgan fingerprint density at radius 1 is 1.41 bits per heavy atom. The first-order valence-electron chi connectivity index (χ1n) is 5.87. The number of nitrogens with two attached hydrogens (primary N) is 1. The van der Waals surface area contributed by atoms with Crippen molar-refractivity contribution in [2.75, 3.05) is 11.9 Å². The number of hydrogen-bond donors (Lipinski definition) is 3. The monoisotopic (exact) mass is 236 g/mol. The zero-order valence-electron chi connectivity index (χ0n) is 10.4. The number of primary amides is 1. The van der Waals surface area contributed by atoms with Gasteiger partial charge in [0.1, 0.15) is 0 Å². The van der Waals surface area contributed by atoms with E-state index in [-0.39, 0.29) is 0 Å². The van der Waals surface area contributed by atoms with Crippen molar-refractivity contribution < 1.29 is 9.90 Å². The van der Waals surface area contributed by atoms with Gasteiger partial charge in [-0.05, 0) is 31.0 Å². The van der Waals surface area contributed by atoms with Gasteiger partial charge in [-0.1, -0.05) is 19.9 Å². The van der Waals surface area contributed by atoms with E-state index in [2.05, 4.69) is 5.32 Å². The van der Waals surface area contributed by atoms with Crippen LogP contribution in [0, 0.1) is 0 Å². The second kappa shape index (κ2) is 5.68. The Morgan fingerprint density at radius 2 is 2.06 bits per heavy atom. The zero-order valence-corrected chi connectivity index (χ0v) is 10.4. The number of carbonyl (C=O) groups excluding carboxylic acids is 1. The quantitative estimate of drug-likeness (QED) is 0.704. The molecule has 0 spiro atoms. The van der Waals surface area contributed by atoms with Crippen molar-refractivity contribution in [3.8, 4) is 0 Å². The van der Waals surface area contributed by atoms with Crippen molar-refractivity contribution >= 4 is 11.6 Å². The third-order valence-corrected chi connectivity index (χ3v) is 3.08. The Kier molecular flexibility index (Phi) is 4.52. The third kappa shape index (κ3) is 3.75. The van der Waals surface area contributed by atoms with Crippen molar-refractivity contribution in [2.24, 2.45) is 5.73 Å². The number of anilines is 1. The fraction of sp³-hybridized carbons (Fsp3) is 0.462. The molecule has 0 heterocycles. The molecule has 0 aliphatic rings. The van der Waals surface area contributed by atoms with E-state index in [1.165, 1.54) is 0 Å². The number of carbonyl (C=O) groups is 1. The Morgan fingerprint density at radius 3 is 2.59 bits per heavy atom. The second-order valence-corrected chi connectivity index (χ2v) is 4.23. The standard InChI is InChI=1S/C13H20N2O2/c1-3-13(17,4-2)9-15-11-7-5-6-10(8-11)12(14)16/h5-8,15,17H,3-4,9H2,1-2H3,(H2,14,16). The number of benzene rings is 1. The molecule has 1 aromatic rings. The fourth-order valence-corrected chi connectivity index (χ4v) is 1.55. The van der Waals surface area contributed by atoms with Crippen LogP contribution in [0.5, 0.6) is 0 Å². The Balaban J connectivity index is 2.69. The van der Waals surface area contributed by atoms with E-state index in [1.807, 2.05) is 19.9 Å². The third-order valence-electron chi connectivity index (χ3n) is 3.08. The van der Waals surface area contributed by atoms with Crippen molar-refractivity contribution in [3.63, 3.8) is 0 Å². The summed E-state index contributed by atoms with van der Waals surface area (Å²) in [7, 11) is 0. The first-order valence-corrected chi connectivity index (χ1v) is 5.87. The first kappa shape index (κ1) is 13.5. The largest absolute Gasteiger partial charge is 0.388 e. The van der Waals surface area contributed by atoms with E-state index < -0.39 is 11.5 Å². The molecule has 0 saturated carbocycles. The highest BCUT2D eigenvalue weighted by Gasteiger charge is 2.21. The summed E-state index contributed by atoms with van der Waals surface area (Å²) in [6.45, 7) is 4.36. The Hall–Kier alpha value is -1.55. The first-order chi connectivity index (χ1) is 8.00. The van der Waals surface area contributed by atoms with E-state index >= 15 is 0 Å². The maximum absolute atomic E-state index is 11.0. The average molecular weight is 236 g/mol. The van der Waals surface area contributed by atoms with Crippen LogP contribution < -0.4 is 11.1 Å². The molecular weight excluding hydrogens is 216 g/mol. The fourth-order valence-electron chi connectivity index (χ4n) is 1.55. The summed E-state index contributed by atoms with van der Waals surface area (Å²) in [5, 5.41) is 13.2. The molecule has 0 atom stereocenters. The molecule has 94 valence electrons. The van der Waals surface area contributed by atoms with Gasteiger partial charge in [0, 0.05) is 17.8 Å². The molecule has 0 fully saturated rings. The lowest BCUT2D eigenvalue weighted by Gasteiger charge is -2.26. The van der Waals surface area contributed by atoms with E-state index in [0.717, 1.165) is 5.69 Å². The molecule has 0 aliphatic carbocycles. The number of amides is 1. The number of hydrogen-bond acceptors (Lipinski definition) is 3. The van der Waals surface area contributed by atoms with E-state index in [9.17, 15) is 9.90 Å². The van der Waals surface area contributed by atoms with Crippen LogP contribution in [0.3, 0.4) is 0 Å². The number of rotatable bonds is 6. The molecule has 4 N–H and O–H groups in total. The summed E-state index contributed by atoms with van der Waals surface area (Å²) < 4.78 is 0. The van der Waals surface area contributed by atoms with Crippen LogP contribution >= 0.6 is 0 Å². The smallest absolute Gasteiger partial charge is 0.248 e. The molecule has 0 saturated heterocycles. The second-order valence-electron chi connectivity index (χ2n) is 4.23. The summed E-state index contributed by atoms with van der Waals surface area (Å²) in [5.41, 5.74) is 5.75. The lowest BCUT2D eigenvalue weighted by molar-refractivity contribution is 0.0457. The van der Waals surface area contributed by atoms with E-state index in [1.54, 1.807) is 18.2 Å². The maximum atomic E-state index is 11.0. The van der Waals surface area contributed by atoms with Crippen LogP contribution in [0.1, 0.15) is 37.0 Å². The van der Waals surface area contributed by atoms with Crippen LogP contribution in [0.15, 0.2) is 24.3 Å². The molecule has 1 aromatic carbocycles. The number of nitrogens with one attached hydrogen (secondary N) is 1. The van der Waals surface area contributed by atoms with Crippen LogP contribution in [-0.2, 0) is 0 Å². The average Bonchev–Trinajstić information content (AvgIpc) is 2.36. The Labute approximate surface area is 102 Å². The summed E-state index contributed by atoms with van der Waals surface area (Å²) >= 11 is 0. The SMILES string of the molecule is CCC(O)(CC)CNc1cccc(C(N)=O)c1. The molecule has 1 amide bonds. The van der Waals surface area contributed by atoms with E-state index in [0.29, 0.717) is 24.9 Å². The van der Waals surface area contributed by atoms with Gasteiger partial charge in [0.2, 0.25) is 5.91 Å². The highest BCUT2D eigenvalue weighted by molar-refractivity contribution is 5.93. The summed E-state index contributed by atoms with van der Waals surface area (Å²) in [6, 6.07) is 6.96. The molecule has 4 heteroatoms. The van der Waals surface area contributed by atoms with Gasteiger partial charge in [0.15, 0.2) is 0 Å². The Bertz CT molecular complexity index is 387. The topological polar surface area (TPSA) is 75.3 Å². The van der Waals surface area contributed by atoms with Crippen LogP contribution in [0.25, 0.3) is 0 Å². The highest BCUT2D eigenvalue weighted by Crippen LogP contribution is 2.17. The minimum Gasteiger partial charge on any atom is -0.388 e. The highest BCUT2D eigenvalue weighted by atomic mass is 16.3. The summed E-state index contributed by atoms with van der Waals surface area (Å²) in [5.74, 6) is -0.449. The van der Waals surface area contributed by atoms with Gasteiger partial charge in [-0.15, -0.1) is 0 Å². The van der Waals surface area contributed by atoms with Crippen molar-refractivity contribution in [3.05, 3.63) is 29.8 Å². The molecule has 0 unspecified atom stereocenters. The summed E-state index contributed by atoms with van der Waals surface area (Å²) in [4.78, 5) is 11.0. The minimum absolute atomic E-state index is 0.449. The minimum atomic E-state index is -0.706. The van der Waals surface area contributed by atoms with Crippen LogP contribution in [0.2, 0.25) is 0 Å². The molecule has 0 bridgehead atoms. The zero-order chi connectivity index (χ0) is 12.9. The molecule has 17 heavy (non-hydrogen) atoms. The predicted octanol–water partition coefficient (Wildman–Crippen LogP) is 1.75. The van der Waals surface area contributed by atoms with Gasteiger partial charge < -0.3 is 16.2 Å². The van der Waals surface area contributed by atoms with Gasteiger partial charge in [-0.3, -0.25) is 4.79 Å². The van der Waals surface area contributed by atoms with Gasteiger partial charge in [0.25, 0.3) is 0 Å². The lowest BCUT2D eigenvalue weighted by Crippen LogP contribution is -2.35. The van der Waals surface area contributed by atoms with Crippen molar-refractivity contribution in [2.45, 2.75) is 32.3 Å². The molecule has 0 aromatic heterocycles. The number of aliphatic hydroxyl groups is 1. The molecule has 0 aliphatic heterocycles. The molecule has 0 radical (unpaired) electrons. The van der Waals surface area contributed by atoms with Crippen molar-refractivity contribution in [1.29, 1.82) is 0 Å². The van der Waals surface area contributed by atoms with Gasteiger partial charge in [-0.25, -0.2) is 0 Å². The van der Waals surface area contributed by atoms with Crippen LogP contribution in [-0.4, -0.2) is 23.2 Å². The van der Waals surface area contributed by atoms with Crippen LogP contribution in [0.4, 0.5) is 5.69 Å². The van der Waals surface area contributed by atoms with Gasteiger partial charge >= 0.3 is 0 Å². The summed E-state index contributed by atoms with van der Waals surface area (Å²) in [6.07, 6.45) is 1.37. The molecule has 4 nitrogen and oxygen atoms in total. The molecule has 1 rings (SSSR count). The van der Waals surface area contributed by atoms with E-state index in [4.69, 9.17) is 5.73 Å². The van der Waals surface area contributed by atoms with Gasteiger partial charge in [-0.2, -0.15) is 0 Å². The maximum Gasteiger partial charge on any atom is 0.248 e. The molecular formula is C13H20N2O2. The normalized spacial score (nSPS) is 11.2.